The van der Waals surface area contributed by atoms with Gasteiger partial charge in [0.05, 0.1) is 3.57 Å². The lowest BCUT2D eigenvalue weighted by Gasteiger charge is -2.12. The average Bonchev–Trinajstić information content (AvgIpc) is 2.41. The van der Waals surface area contributed by atoms with Crippen LogP contribution in [0.1, 0.15) is 23.1 Å². The number of halogens is 3. The van der Waals surface area contributed by atoms with Crippen LogP contribution in [0.15, 0.2) is 42.5 Å². The Hall–Kier alpha value is -1.17. The Balaban J connectivity index is 2.20. The monoisotopic (exact) mass is 374 g/mol. The summed E-state index contributed by atoms with van der Waals surface area (Å²) in [5.74, 6) is 0.514. The molecule has 0 aromatic heterocycles. The molecule has 0 fully saturated rings. The van der Waals surface area contributed by atoms with Gasteiger partial charge >= 0.3 is 0 Å². The van der Waals surface area contributed by atoms with Gasteiger partial charge in [0.25, 0.3) is 6.43 Å². The van der Waals surface area contributed by atoms with Crippen LogP contribution in [0.4, 0.5) is 8.78 Å². The molecule has 100 valence electrons. The van der Waals surface area contributed by atoms with Crippen LogP contribution >= 0.6 is 22.6 Å². The second-order valence-corrected chi connectivity index (χ2v) is 5.30. The zero-order valence-corrected chi connectivity index (χ0v) is 12.5. The van der Waals surface area contributed by atoms with Crippen LogP contribution in [0.25, 0.3) is 0 Å². The van der Waals surface area contributed by atoms with Crippen LogP contribution in [0.3, 0.4) is 0 Å². The molecule has 4 heteroatoms. The minimum absolute atomic E-state index is 0.000905. The SMILES string of the molecule is Cc1cc(C(F)F)cc(OCc2ccccc2)c1I. The number of ether oxygens (including phenoxy) is 1. The van der Waals surface area contributed by atoms with Gasteiger partial charge in [0.15, 0.2) is 0 Å². The minimum atomic E-state index is -2.48. The van der Waals surface area contributed by atoms with Gasteiger partial charge in [0.2, 0.25) is 0 Å². The molecule has 0 aliphatic carbocycles. The maximum absolute atomic E-state index is 12.8. The lowest BCUT2D eigenvalue weighted by atomic mass is 10.1. The lowest BCUT2D eigenvalue weighted by molar-refractivity contribution is 0.150. The summed E-state index contributed by atoms with van der Waals surface area (Å²) in [5, 5.41) is 0. The molecular weight excluding hydrogens is 361 g/mol. The van der Waals surface area contributed by atoms with Crippen molar-refractivity contribution in [1.82, 2.24) is 0 Å². The average molecular weight is 374 g/mol. The summed E-state index contributed by atoms with van der Waals surface area (Å²) in [5.41, 5.74) is 1.82. The molecule has 0 N–H and O–H groups in total. The fourth-order valence-corrected chi connectivity index (χ4v) is 2.20. The quantitative estimate of drug-likeness (QED) is 0.676. The molecule has 19 heavy (non-hydrogen) atoms. The molecule has 2 rings (SSSR count). The summed E-state index contributed by atoms with van der Waals surface area (Å²) in [6, 6.07) is 12.6. The molecule has 2 aromatic rings. The molecular formula is C15H13F2IO. The molecule has 0 heterocycles. The highest BCUT2D eigenvalue weighted by molar-refractivity contribution is 14.1. The van der Waals surface area contributed by atoms with Crippen molar-refractivity contribution in [2.75, 3.05) is 0 Å². The van der Waals surface area contributed by atoms with E-state index in [1.807, 2.05) is 37.3 Å². The molecule has 1 nitrogen and oxygen atoms in total. The van der Waals surface area contributed by atoms with Crippen LogP contribution in [-0.2, 0) is 6.61 Å². The molecule has 0 radical (unpaired) electrons. The van der Waals surface area contributed by atoms with Gasteiger partial charge in [-0.05, 0) is 52.8 Å². The molecule has 0 bridgehead atoms. The van der Waals surface area contributed by atoms with Crippen LogP contribution < -0.4 is 4.74 Å². The molecule has 0 saturated heterocycles. The van der Waals surface area contributed by atoms with E-state index in [9.17, 15) is 8.78 Å². The van der Waals surface area contributed by atoms with Gasteiger partial charge in [0.1, 0.15) is 12.4 Å². The van der Waals surface area contributed by atoms with Gasteiger partial charge in [-0.1, -0.05) is 30.3 Å². The Morgan fingerprint density at radius 2 is 1.84 bits per heavy atom. The maximum atomic E-state index is 12.8. The minimum Gasteiger partial charge on any atom is -0.488 e. The molecule has 0 aliphatic rings. The molecule has 0 atom stereocenters. The molecule has 0 saturated carbocycles. The van der Waals surface area contributed by atoms with Gasteiger partial charge in [-0.25, -0.2) is 8.78 Å². The normalized spacial score (nSPS) is 10.8. The standard InChI is InChI=1S/C15H13F2IO/c1-10-7-12(15(16)17)8-13(14(10)18)19-9-11-5-3-2-4-6-11/h2-8,15H,9H2,1H3. The Bertz CT molecular complexity index is 556. The first-order valence-corrected chi connectivity index (χ1v) is 6.90. The van der Waals surface area contributed by atoms with Crippen molar-refractivity contribution in [2.45, 2.75) is 20.0 Å². The van der Waals surface area contributed by atoms with Crippen molar-refractivity contribution in [3.63, 3.8) is 0 Å². The number of aryl methyl sites for hydroxylation is 1. The Labute approximate surface area is 124 Å². The van der Waals surface area contributed by atoms with Gasteiger partial charge in [0, 0.05) is 5.56 Å². The highest BCUT2D eigenvalue weighted by Crippen LogP contribution is 2.31. The molecule has 0 spiro atoms. The first-order valence-electron chi connectivity index (χ1n) is 5.83. The van der Waals surface area contributed by atoms with E-state index in [2.05, 4.69) is 22.6 Å². The van der Waals surface area contributed by atoms with Gasteiger partial charge in [-0.2, -0.15) is 0 Å². The van der Waals surface area contributed by atoms with Gasteiger partial charge in [-0.15, -0.1) is 0 Å². The summed E-state index contributed by atoms with van der Waals surface area (Å²) in [4.78, 5) is 0. The van der Waals surface area contributed by atoms with Crippen molar-refractivity contribution >= 4 is 22.6 Å². The van der Waals surface area contributed by atoms with E-state index >= 15 is 0 Å². The third kappa shape index (κ3) is 3.65. The van der Waals surface area contributed by atoms with Crippen molar-refractivity contribution in [3.05, 3.63) is 62.7 Å². The number of hydrogen-bond donors (Lipinski definition) is 0. The molecule has 0 unspecified atom stereocenters. The maximum Gasteiger partial charge on any atom is 0.263 e. The second kappa shape index (κ2) is 6.32. The van der Waals surface area contributed by atoms with Crippen LogP contribution in [0.2, 0.25) is 0 Å². The molecule has 0 aliphatic heterocycles. The Morgan fingerprint density at radius 3 is 2.47 bits per heavy atom. The number of rotatable bonds is 4. The fraction of sp³-hybridized carbons (Fsp3) is 0.200. The third-order valence-electron chi connectivity index (χ3n) is 2.73. The van der Waals surface area contributed by atoms with E-state index in [0.29, 0.717) is 12.4 Å². The lowest BCUT2D eigenvalue weighted by Crippen LogP contribution is -1.99. The topological polar surface area (TPSA) is 9.23 Å². The van der Waals surface area contributed by atoms with Crippen molar-refractivity contribution < 1.29 is 13.5 Å². The summed E-state index contributed by atoms with van der Waals surface area (Å²) in [7, 11) is 0. The van der Waals surface area contributed by atoms with Crippen molar-refractivity contribution in [1.29, 1.82) is 0 Å². The Kier molecular flexibility index (Phi) is 4.74. The number of hydrogen-bond acceptors (Lipinski definition) is 1. The predicted molar refractivity (Wildman–Crippen MR) is 79.6 cm³/mol. The second-order valence-electron chi connectivity index (χ2n) is 4.22. The van der Waals surface area contributed by atoms with E-state index in [4.69, 9.17) is 4.74 Å². The first kappa shape index (κ1) is 14.2. The first-order chi connectivity index (χ1) is 9.08. The van der Waals surface area contributed by atoms with E-state index in [-0.39, 0.29) is 5.56 Å². The fourth-order valence-electron chi connectivity index (χ4n) is 1.73. The predicted octanol–water partition coefficient (Wildman–Crippen LogP) is 5.12. The molecule has 0 amide bonds. The van der Waals surface area contributed by atoms with E-state index < -0.39 is 6.43 Å². The van der Waals surface area contributed by atoms with E-state index in [0.717, 1.165) is 14.7 Å². The van der Waals surface area contributed by atoms with Crippen LogP contribution in [0, 0.1) is 10.5 Å². The summed E-state index contributed by atoms with van der Waals surface area (Å²) >= 11 is 2.12. The number of benzene rings is 2. The van der Waals surface area contributed by atoms with Crippen molar-refractivity contribution in [2.24, 2.45) is 0 Å². The van der Waals surface area contributed by atoms with Gasteiger partial charge < -0.3 is 4.74 Å². The summed E-state index contributed by atoms with van der Waals surface area (Å²) in [6.45, 7) is 2.19. The zero-order valence-electron chi connectivity index (χ0n) is 10.4. The smallest absolute Gasteiger partial charge is 0.263 e. The molecule has 2 aromatic carbocycles. The van der Waals surface area contributed by atoms with E-state index in [1.54, 1.807) is 0 Å². The third-order valence-corrected chi connectivity index (χ3v) is 4.12. The zero-order chi connectivity index (χ0) is 13.8. The van der Waals surface area contributed by atoms with Crippen LogP contribution in [-0.4, -0.2) is 0 Å². The van der Waals surface area contributed by atoms with Crippen LogP contribution in [0.5, 0.6) is 5.75 Å². The highest BCUT2D eigenvalue weighted by Gasteiger charge is 2.13. The van der Waals surface area contributed by atoms with E-state index in [1.165, 1.54) is 12.1 Å². The summed E-state index contributed by atoms with van der Waals surface area (Å²) in [6.07, 6.45) is -2.48. The largest absolute Gasteiger partial charge is 0.488 e. The van der Waals surface area contributed by atoms with Crippen molar-refractivity contribution in [3.8, 4) is 5.75 Å². The Morgan fingerprint density at radius 1 is 1.16 bits per heavy atom. The number of alkyl halides is 2. The highest BCUT2D eigenvalue weighted by atomic mass is 127. The van der Waals surface area contributed by atoms with Gasteiger partial charge in [-0.3, -0.25) is 0 Å². The summed E-state index contributed by atoms with van der Waals surface area (Å²) < 4.78 is 32.1.